The third kappa shape index (κ3) is 4.83. The molecule has 0 bridgehead atoms. The third-order valence-electron chi connectivity index (χ3n) is 8.27. The van der Waals surface area contributed by atoms with Crippen molar-refractivity contribution in [3.05, 3.63) is 144 Å². The first-order valence-corrected chi connectivity index (χ1v) is 14.4. The van der Waals surface area contributed by atoms with E-state index in [0.717, 1.165) is 24.8 Å². The molecule has 5 heteroatoms. The van der Waals surface area contributed by atoms with E-state index in [1.165, 1.54) is 71.9 Å². The number of rotatable bonds is 7. The summed E-state index contributed by atoms with van der Waals surface area (Å²) in [5, 5.41) is 2.52. The summed E-state index contributed by atoms with van der Waals surface area (Å²) < 4.78 is 0. The van der Waals surface area contributed by atoms with Gasteiger partial charge in [-0.05, 0) is 125 Å². The van der Waals surface area contributed by atoms with E-state index < -0.39 is 0 Å². The quantitative estimate of drug-likeness (QED) is 0.219. The van der Waals surface area contributed by atoms with Gasteiger partial charge in [0.1, 0.15) is 0 Å². The van der Waals surface area contributed by atoms with Crippen molar-refractivity contribution in [2.24, 2.45) is 0 Å². The number of para-hydroxylation sites is 1. The SMILES string of the molecule is Cc1cnccc1-c1ccncc1CCc1cccc2c1[nH]c1ccc(Cc3cnccc3-c3ccncc3C)cc12. The maximum Gasteiger partial charge on any atom is 0.0497 e. The summed E-state index contributed by atoms with van der Waals surface area (Å²) in [5.74, 6) is 0. The Hall–Kier alpha value is -5.16. The largest absolute Gasteiger partial charge is 0.354 e. The van der Waals surface area contributed by atoms with Gasteiger partial charge in [-0.1, -0.05) is 24.3 Å². The van der Waals surface area contributed by atoms with Gasteiger partial charge >= 0.3 is 0 Å². The zero-order valence-corrected chi connectivity index (χ0v) is 23.8. The molecule has 0 atom stereocenters. The molecule has 0 aliphatic carbocycles. The van der Waals surface area contributed by atoms with Crippen molar-refractivity contribution in [1.29, 1.82) is 0 Å². The van der Waals surface area contributed by atoms with Gasteiger partial charge in [-0.15, -0.1) is 0 Å². The van der Waals surface area contributed by atoms with E-state index in [9.17, 15) is 0 Å². The molecule has 5 nitrogen and oxygen atoms in total. The van der Waals surface area contributed by atoms with Crippen LogP contribution < -0.4 is 0 Å². The van der Waals surface area contributed by atoms with E-state index in [-0.39, 0.29) is 0 Å². The van der Waals surface area contributed by atoms with Crippen LogP contribution in [-0.2, 0) is 19.3 Å². The van der Waals surface area contributed by atoms with Gasteiger partial charge in [-0.3, -0.25) is 19.9 Å². The lowest BCUT2D eigenvalue weighted by Gasteiger charge is -2.12. The molecule has 0 saturated carbocycles. The highest BCUT2D eigenvalue weighted by Crippen LogP contribution is 2.33. The molecule has 1 N–H and O–H groups in total. The van der Waals surface area contributed by atoms with E-state index >= 15 is 0 Å². The summed E-state index contributed by atoms with van der Waals surface area (Å²) in [6.45, 7) is 4.22. The summed E-state index contributed by atoms with van der Waals surface area (Å²) in [6, 6.07) is 21.8. The zero-order valence-electron chi connectivity index (χ0n) is 23.8. The number of H-pyrrole nitrogens is 1. The smallest absolute Gasteiger partial charge is 0.0497 e. The summed E-state index contributed by atoms with van der Waals surface area (Å²) in [7, 11) is 0. The van der Waals surface area contributed by atoms with Crippen molar-refractivity contribution in [3.63, 3.8) is 0 Å². The number of hydrogen-bond donors (Lipinski definition) is 1. The van der Waals surface area contributed by atoms with Crippen molar-refractivity contribution < 1.29 is 0 Å². The topological polar surface area (TPSA) is 67.3 Å². The van der Waals surface area contributed by atoms with Crippen LogP contribution >= 0.6 is 0 Å². The lowest BCUT2D eigenvalue weighted by atomic mass is 9.94. The summed E-state index contributed by atoms with van der Waals surface area (Å²) >= 11 is 0. The van der Waals surface area contributed by atoms with E-state index in [4.69, 9.17) is 0 Å². The molecule has 0 saturated heterocycles. The van der Waals surface area contributed by atoms with Crippen LogP contribution in [0.5, 0.6) is 0 Å². The number of pyridine rings is 4. The normalized spacial score (nSPS) is 11.4. The van der Waals surface area contributed by atoms with Crippen molar-refractivity contribution in [2.45, 2.75) is 33.1 Å². The second kappa shape index (κ2) is 11.0. The Balaban J connectivity index is 1.20. The molecule has 2 aromatic carbocycles. The van der Waals surface area contributed by atoms with Gasteiger partial charge in [0.05, 0.1) is 0 Å². The maximum absolute atomic E-state index is 4.46. The molecule has 5 aromatic heterocycles. The molecular formula is C37H31N5. The summed E-state index contributed by atoms with van der Waals surface area (Å²) in [5.41, 5.74) is 14.6. The van der Waals surface area contributed by atoms with Crippen LogP contribution in [0.25, 0.3) is 44.1 Å². The predicted octanol–water partition coefficient (Wildman–Crippen LogP) is 8.23. The van der Waals surface area contributed by atoms with Crippen LogP contribution in [0.2, 0.25) is 0 Å². The molecule has 0 spiro atoms. The van der Waals surface area contributed by atoms with Crippen molar-refractivity contribution in [1.82, 2.24) is 24.9 Å². The van der Waals surface area contributed by atoms with Crippen LogP contribution in [0, 0.1) is 13.8 Å². The molecule has 0 amide bonds. The number of aromatic amines is 1. The summed E-state index contributed by atoms with van der Waals surface area (Å²) in [4.78, 5) is 21.2. The van der Waals surface area contributed by atoms with Gasteiger partial charge in [0.2, 0.25) is 0 Å². The molecule has 7 rings (SSSR count). The van der Waals surface area contributed by atoms with E-state index in [1.54, 1.807) is 0 Å². The first kappa shape index (κ1) is 25.8. The Morgan fingerprint density at radius 2 is 1.14 bits per heavy atom. The second-order valence-electron chi connectivity index (χ2n) is 11.0. The molecule has 7 aromatic rings. The zero-order chi connectivity index (χ0) is 28.5. The fourth-order valence-corrected chi connectivity index (χ4v) is 6.11. The van der Waals surface area contributed by atoms with E-state index in [1.807, 2.05) is 49.6 Å². The lowest BCUT2D eigenvalue weighted by Crippen LogP contribution is -1.97. The summed E-state index contributed by atoms with van der Waals surface area (Å²) in [6.07, 6.45) is 18.0. The van der Waals surface area contributed by atoms with Crippen molar-refractivity contribution >= 4 is 21.8 Å². The van der Waals surface area contributed by atoms with Gasteiger partial charge in [-0.2, -0.15) is 0 Å². The molecule has 0 fully saturated rings. The molecule has 0 aliphatic rings. The average molecular weight is 546 g/mol. The standard InChI is InChI=1S/C37H31N5/c1-24-20-38-14-10-30(24)32-12-16-40-22-28(32)8-7-27-4-3-5-34-35-19-26(6-9-36(35)42-37(27)34)18-29-23-41-17-13-33(29)31-11-15-39-21-25(31)2/h3-6,9-17,19-23,42H,7-8,18H2,1-2H3. The van der Waals surface area contributed by atoms with Crippen LogP contribution in [0.3, 0.4) is 0 Å². The van der Waals surface area contributed by atoms with Gasteiger partial charge in [-0.25, -0.2) is 0 Å². The number of hydrogen-bond acceptors (Lipinski definition) is 4. The minimum Gasteiger partial charge on any atom is -0.354 e. The molecule has 0 aliphatic heterocycles. The Labute approximate surface area is 245 Å². The second-order valence-corrected chi connectivity index (χ2v) is 11.0. The lowest BCUT2D eigenvalue weighted by molar-refractivity contribution is 0.957. The van der Waals surface area contributed by atoms with Gasteiger partial charge in [0, 0.05) is 71.4 Å². The molecule has 204 valence electrons. The van der Waals surface area contributed by atoms with E-state index in [2.05, 4.69) is 99.4 Å². The maximum atomic E-state index is 4.46. The molecule has 0 radical (unpaired) electrons. The molecule has 0 unspecified atom stereocenters. The first-order chi connectivity index (χ1) is 20.7. The predicted molar refractivity (Wildman–Crippen MR) is 170 cm³/mol. The fourth-order valence-electron chi connectivity index (χ4n) is 6.11. The van der Waals surface area contributed by atoms with Crippen LogP contribution in [0.15, 0.2) is 110 Å². The minimum atomic E-state index is 0.811. The Kier molecular flexibility index (Phi) is 6.76. The van der Waals surface area contributed by atoms with Gasteiger partial charge < -0.3 is 4.98 Å². The van der Waals surface area contributed by atoms with Crippen LogP contribution in [0.4, 0.5) is 0 Å². The Morgan fingerprint density at radius 1 is 0.548 bits per heavy atom. The Bertz CT molecular complexity index is 2060. The molecule has 5 heterocycles. The van der Waals surface area contributed by atoms with Crippen LogP contribution in [-0.4, -0.2) is 24.9 Å². The first-order valence-electron chi connectivity index (χ1n) is 14.4. The van der Waals surface area contributed by atoms with E-state index in [0.29, 0.717) is 0 Å². The number of fused-ring (bicyclic) bond motifs is 3. The molecular weight excluding hydrogens is 514 g/mol. The number of nitrogens with one attached hydrogen (secondary N) is 1. The Morgan fingerprint density at radius 3 is 1.83 bits per heavy atom. The highest BCUT2D eigenvalue weighted by Gasteiger charge is 2.13. The third-order valence-corrected chi connectivity index (χ3v) is 8.27. The highest BCUT2D eigenvalue weighted by atomic mass is 14.7. The monoisotopic (exact) mass is 545 g/mol. The van der Waals surface area contributed by atoms with Crippen molar-refractivity contribution in [2.75, 3.05) is 0 Å². The average Bonchev–Trinajstić information content (AvgIpc) is 3.40. The van der Waals surface area contributed by atoms with Gasteiger partial charge in [0.25, 0.3) is 0 Å². The fraction of sp³-hybridized carbons (Fsp3) is 0.135. The number of aromatic nitrogens is 5. The molecule has 42 heavy (non-hydrogen) atoms. The number of aryl methyl sites for hydroxylation is 4. The number of nitrogens with zero attached hydrogens (tertiary/aromatic N) is 4. The van der Waals surface area contributed by atoms with Crippen molar-refractivity contribution in [3.8, 4) is 22.3 Å². The highest BCUT2D eigenvalue weighted by molar-refractivity contribution is 6.08. The van der Waals surface area contributed by atoms with Gasteiger partial charge in [0.15, 0.2) is 0 Å². The van der Waals surface area contributed by atoms with Crippen LogP contribution in [0.1, 0.15) is 33.4 Å². The number of benzene rings is 2. The minimum absolute atomic E-state index is 0.811.